The summed E-state index contributed by atoms with van der Waals surface area (Å²) in [7, 11) is 0.721. The van der Waals surface area contributed by atoms with Gasteiger partial charge in [0.2, 0.25) is 0 Å². The predicted octanol–water partition coefficient (Wildman–Crippen LogP) is 4.13. The molecule has 0 radical (unpaired) electrons. The second kappa shape index (κ2) is 13.5. The lowest BCUT2D eigenvalue weighted by Crippen LogP contribution is -2.50. The lowest BCUT2D eigenvalue weighted by molar-refractivity contribution is 0.0694. The van der Waals surface area contributed by atoms with Crippen LogP contribution >= 0.6 is 0 Å². The van der Waals surface area contributed by atoms with Crippen molar-refractivity contribution < 1.29 is 19.6 Å². The summed E-state index contributed by atoms with van der Waals surface area (Å²) in [5.74, 6) is -1.27. The number of hydrogen-bond donors (Lipinski definition) is 4. The molecule has 0 fully saturated rings. The Labute approximate surface area is 186 Å². The first-order valence-corrected chi connectivity index (χ1v) is 10.8. The van der Waals surface area contributed by atoms with Gasteiger partial charge in [0.15, 0.2) is 0 Å². The van der Waals surface area contributed by atoms with Crippen LogP contribution in [0.4, 0.5) is 0 Å². The molecular formula is C24H35BN2O4. The summed E-state index contributed by atoms with van der Waals surface area (Å²) in [5, 5.41) is 25.9. The SMILES string of the molecule is C=C(NC1Cc2cccc(C(=O)O)c2OB1O)c1cccc(CNC)c1.CC.CCC. The molecule has 168 valence electrons. The van der Waals surface area contributed by atoms with Crippen LogP contribution in [0.5, 0.6) is 5.75 Å². The predicted molar refractivity (Wildman–Crippen MR) is 128 cm³/mol. The highest BCUT2D eigenvalue weighted by Gasteiger charge is 2.37. The normalized spacial score (nSPS) is 14.0. The van der Waals surface area contributed by atoms with E-state index in [-0.39, 0.29) is 11.3 Å². The molecule has 6 nitrogen and oxygen atoms in total. The number of fused-ring (bicyclic) bond motifs is 1. The van der Waals surface area contributed by atoms with E-state index in [0.717, 1.165) is 23.2 Å². The van der Waals surface area contributed by atoms with Crippen LogP contribution in [0, 0.1) is 0 Å². The summed E-state index contributed by atoms with van der Waals surface area (Å²) in [6, 6.07) is 12.9. The van der Waals surface area contributed by atoms with Gasteiger partial charge in [-0.3, -0.25) is 0 Å². The summed E-state index contributed by atoms with van der Waals surface area (Å²) in [4.78, 5) is 11.3. The largest absolute Gasteiger partial charge is 0.546 e. The van der Waals surface area contributed by atoms with Crippen LogP contribution in [0.1, 0.15) is 61.2 Å². The lowest BCUT2D eigenvalue weighted by Gasteiger charge is -2.30. The van der Waals surface area contributed by atoms with Crippen molar-refractivity contribution in [3.63, 3.8) is 0 Å². The smallest absolute Gasteiger partial charge is 0.534 e. The maximum atomic E-state index is 11.3. The number of carboxylic acid groups (broad SMARTS) is 1. The number of hydrogen-bond acceptors (Lipinski definition) is 5. The standard InChI is InChI=1S/C19H21BN2O4.C3H8.C2H6/c1-12(14-6-3-5-13(9-14)11-21-2)22-17-10-15-7-4-8-16(19(23)24)18(15)26-20(17)25;1-3-2;1-2/h3-9,17,21-22,25H,1,10-11H2,2H3,(H,23,24);3H2,1-2H3;1-2H3. The van der Waals surface area contributed by atoms with E-state index in [1.165, 1.54) is 12.5 Å². The highest BCUT2D eigenvalue weighted by molar-refractivity contribution is 6.46. The van der Waals surface area contributed by atoms with E-state index in [1.54, 1.807) is 12.1 Å². The number of aromatic carboxylic acids is 1. The second-order valence-corrected chi connectivity index (χ2v) is 6.98. The number of carbonyl (C=O) groups is 1. The van der Waals surface area contributed by atoms with Crippen LogP contribution in [-0.4, -0.2) is 36.2 Å². The van der Waals surface area contributed by atoms with E-state index < -0.39 is 19.0 Å². The van der Waals surface area contributed by atoms with E-state index in [0.29, 0.717) is 12.1 Å². The van der Waals surface area contributed by atoms with Gasteiger partial charge in [0.25, 0.3) is 0 Å². The van der Waals surface area contributed by atoms with Gasteiger partial charge >= 0.3 is 13.1 Å². The Morgan fingerprint density at radius 3 is 2.48 bits per heavy atom. The molecule has 0 aliphatic carbocycles. The van der Waals surface area contributed by atoms with Gasteiger partial charge in [-0.05, 0) is 42.3 Å². The van der Waals surface area contributed by atoms with Crippen LogP contribution in [0.2, 0.25) is 0 Å². The highest BCUT2D eigenvalue weighted by atomic mass is 16.5. The number of para-hydroxylation sites is 1. The van der Waals surface area contributed by atoms with Crippen molar-refractivity contribution >= 4 is 18.8 Å². The van der Waals surface area contributed by atoms with Gasteiger partial charge in [0.05, 0.1) is 11.5 Å². The van der Waals surface area contributed by atoms with Gasteiger partial charge in [-0.25, -0.2) is 4.79 Å². The zero-order valence-electron chi connectivity index (χ0n) is 19.2. The fraction of sp³-hybridized carbons (Fsp3) is 0.375. The van der Waals surface area contributed by atoms with Crippen molar-refractivity contribution in [1.29, 1.82) is 0 Å². The quantitative estimate of drug-likeness (QED) is 0.520. The average molecular weight is 426 g/mol. The number of rotatable bonds is 6. The molecule has 2 aromatic carbocycles. The highest BCUT2D eigenvalue weighted by Crippen LogP contribution is 2.30. The molecule has 3 rings (SSSR count). The Morgan fingerprint density at radius 1 is 1.23 bits per heavy atom. The van der Waals surface area contributed by atoms with Crippen LogP contribution in [0.15, 0.2) is 49.0 Å². The minimum atomic E-state index is -1.17. The number of carboxylic acids is 1. The summed E-state index contributed by atoms with van der Waals surface area (Å²) in [6.07, 6.45) is 1.69. The molecule has 4 N–H and O–H groups in total. The van der Waals surface area contributed by atoms with Crippen molar-refractivity contribution in [2.75, 3.05) is 7.05 Å². The fourth-order valence-corrected chi connectivity index (χ4v) is 3.10. The van der Waals surface area contributed by atoms with Crippen molar-refractivity contribution in [2.24, 2.45) is 0 Å². The molecule has 0 spiro atoms. The molecule has 0 aromatic heterocycles. The van der Waals surface area contributed by atoms with Gasteiger partial charge in [-0.1, -0.05) is 71.0 Å². The maximum absolute atomic E-state index is 11.3. The van der Waals surface area contributed by atoms with Crippen LogP contribution < -0.4 is 15.3 Å². The minimum absolute atomic E-state index is 0.0543. The van der Waals surface area contributed by atoms with Crippen molar-refractivity contribution in [3.05, 3.63) is 71.3 Å². The molecule has 0 saturated carbocycles. The molecule has 1 aliphatic heterocycles. The lowest BCUT2D eigenvalue weighted by atomic mass is 9.72. The van der Waals surface area contributed by atoms with Gasteiger partial charge < -0.3 is 25.4 Å². The number of nitrogens with one attached hydrogen (secondary N) is 2. The third-order valence-electron chi connectivity index (χ3n) is 4.37. The van der Waals surface area contributed by atoms with E-state index in [2.05, 4.69) is 31.1 Å². The second-order valence-electron chi connectivity index (χ2n) is 6.98. The topological polar surface area (TPSA) is 90.8 Å². The molecule has 31 heavy (non-hydrogen) atoms. The molecular weight excluding hydrogens is 391 g/mol. The molecule has 7 heteroatoms. The molecule has 1 unspecified atom stereocenters. The molecule has 1 heterocycles. The summed E-state index contributed by atoms with van der Waals surface area (Å²) < 4.78 is 5.50. The Hall–Kier alpha value is -2.77. The monoisotopic (exact) mass is 426 g/mol. The molecule has 1 aliphatic rings. The Bertz CT molecular complexity index is 857. The fourth-order valence-electron chi connectivity index (χ4n) is 3.10. The molecule has 0 saturated heterocycles. The minimum Gasteiger partial charge on any atom is -0.534 e. The zero-order valence-corrected chi connectivity index (χ0v) is 19.2. The molecule has 2 aromatic rings. The first-order valence-electron chi connectivity index (χ1n) is 10.8. The summed E-state index contributed by atoms with van der Waals surface area (Å²) >= 11 is 0. The van der Waals surface area contributed by atoms with E-state index in [9.17, 15) is 14.9 Å². The van der Waals surface area contributed by atoms with Crippen LogP contribution in [-0.2, 0) is 13.0 Å². The van der Waals surface area contributed by atoms with Crippen molar-refractivity contribution in [2.45, 2.75) is 53.0 Å². The Balaban J connectivity index is 0.000000884. The Morgan fingerprint density at radius 2 is 1.87 bits per heavy atom. The maximum Gasteiger partial charge on any atom is 0.546 e. The number of benzene rings is 2. The van der Waals surface area contributed by atoms with E-state index in [4.69, 9.17) is 4.65 Å². The summed E-state index contributed by atoms with van der Waals surface area (Å²) in [5.41, 5.74) is 3.52. The van der Waals surface area contributed by atoms with Crippen LogP contribution in [0.3, 0.4) is 0 Å². The van der Waals surface area contributed by atoms with Crippen molar-refractivity contribution in [1.82, 2.24) is 10.6 Å². The first-order chi connectivity index (χ1) is 14.9. The van der Waals surface area contributed by atoms with E-state index in [1.807, 2.05) is 45.2 Å². The first kappa shape index (κ1) is 26.3. The third kappa shape index (κ3) is 7.45. The van der Waals surface area contributed by atoms with Gasteiger partial charge in [-0.2, -0.15) is 0 Å². The zero-order chi connectivity index (χ0) is 23.4. The average Bonchev–Trinajstić information content (AvgIpc) is 2.76. The van der Waals surface area contributed by atoms with Gasteiger partial charge in [-0.15, -0.1) is 0 Å². The van der Waals surface area contributed by atoms with Crippen molar-refractivity contribution in [3.8, 4) is 5.75 Å². The van der Waals surface area contributed by atoms with Crippen LogP contribution in [0.25, 0.3) is 5.70 Å². The van der Waals surface area contributed by atoms with Gasteiger partial charge in [0.1, 0.15) is 5.75 Å². The molecule has 0 bridgehead atoms. The molecule has 0 amide bonds. The third-order valence-corrected chi connectivity index (χ3v) is 4.37. The molecule has 1 atom stereocenters. The van der Waals surface area contributed by atoms with E-state index >= 15 is 0 Å². The summed E-state index contributed by atoms with van der Waals surface area (Å²) in [6.45, 7) is 13.1. The Kier molecular flexibility index (Phi) is 11.5. The van der Waals surface area contributed by atoms with Gasteiger partial charge in [0, 0.05) is 12.2 Å².